The molecule has 1 atom stereocenters. The van der Waals surface area contributed by atoms with Crippen molar-refractivity contribution in [2.45, 2.75) is 18.1 Å². The second kappa shape index (κ2) is 3.69. The van der Waals surface area contributed by atoms with Crippen LogP contribution in [0.4, 0.5) is 13.2 Å². The zero-order valence-electron chi connectivity index (χ0n) is 8.06. The molecule has 3 nitrogen and oxygen atoms in total. The molecular formula is C9H11F3N2O. The lowest BCUT2D eigenvalue weighted by Crippen LogP contribution is -2.52. The van der Waals surface area contributed by atoms with E-state index in [1.54, 1.807) is 0 Å². The van der Waals surface area contributed by atoms with Gasteiger partial charge in [-0.05, 0) is 12.5 Å². The number of likely N-dealkylation sites (N-methyl/N-ethyl adjacent to an activating group) is 1. The molecule has 0 radical (unpaired) electrons. The van der Waals surface area contributed by atoms with Crippen LogP contribution in [-0.4, -0.2) is 24.7 Å². The van der Waals surface area contributed by atoms with E-state index in [4.69, 9.17) is 5.73 Å². The first kappa shape index (κ1) is 11.8. The van der Waals surface area contributed by atoms with E-state index in [2.05, 4.69) is 5.32 Å². The molecule has 0 spiro atoms. The van der Waals surface area contributed by atoms with Gasteiger partial charge < -0.3 is 11.1 Å². The van der Waals surface area contributed by atoms with Gasteiger partial charge in [0, 0.05) is 12.6 Å². The Morgan fingerprint density at radius 3 is 2.67 bits per heavy atom. The van der Waals surface area contributed by atoms with Crippen LogP contribution in [0, 0.1) is 0 Å². The summed E-state index contributed by atoms with van der Waals surface area (Å²) < 4.78 is 37.6. The number of nitrogens with one attached hydrogen (secondary N) is 1. The van der Waals surface area contributed by atoms with Crippen molar-refractivity contribution >= 4 is 5.91 Å². The maximum atomic E-state index is 12.5. The van der Waals surface area contributed by atoms with Crippen LogP contribution < -0.4 is 11.1 Å². The minimum atomic E-state index is -4.56. The molecule has 1 amide bonds. The highest BCUT2D eigenvalue weighted by atomic mass is 19.4. The summed E-state index contributed by atoms with van der Waals surface area (Å²) in [5.74, 6) is -0.579. The smallest absolute Gasteiger partial charge is 0.355 e. The molecule has 1 aliphatic rings. The summed E-state index contributed by atoms with van der Waals surface area (Å²) in [6.45, 7) is 0. The van der Waals surface area contributed by atoms with Crippen molar-refractivity contribution in [3.8, 4) is 0 Å². The largest absolute Gasteiger partial charge is 0.410 e. The number of alkyl halides is 3. The maximum Gasteiger partial charge on any atom is 0.410 e. The van der Waals surface area contributed by atoms with E-state index in [9.17, 15) is 18.0 Å². The summed E-state index contributed by atoms with van der Waals surface area (Å²) >= 11 is 0. The van der Waals surface area contributed by atoms with Crippen molar-refractivity contribution in [1.29, 1.82) is 0 Å². The summed E-state index contributed by atoms with van der Waals surface area (Å²) in [5, 5.41) is 2.24. The average molecular weight is 220 g/mol. The maximum absolute atomic E-state index is 12.5. The van der Waals surface area contributed by atoms with Crippen LogP contribution >= 0.6 is 0 Å². The fraction of sp³-hybridized carbons (Fsp3) is 0.444. The number of carbonyl (C=O) groups excluding carboxylic acids is 1. The van der Waals surface area contributed by atoms with Gasteiger partial charge in [-0.15, -0.1) is 0 Å². The lowest BCUT2D eigenvalue weighted by molar-refractivity contribution is -0.171. The number of nitrogens with two attached hydrogens (primary N) is 1. The van der Waals surface area contributed by atoms with Gasteiger partial charge in [0.1, 0.15) is 5.54 Å². The standard InChI is InChI=1S/C9H11F3N2O/c1-14-7(15)6-3-2-4-8(13,5-6)9(10,11)12/h2-3,5H,4,13H2,1H3,(H,14,15). The summed E-state index contributed by atoms with van der Waals surface area (Å²) in [6.07, 6.45) is -1.58. The van der Waals surface area contributed by atoms with Gasteiger partial charge in [0.15, 0.2) is 0 Å². The number of hydrogen-bond acceptors (Lipinski definition) is 2. The fourth-order valence-corrected chi connectivity index (χ4v) is 1.25. The van der Waals surface area contributed by atoms with Gasteiger partial charge in [0.05, 0.1) is 0 Å². The number of hydrogen-bond donors (Lipinski definition) is 2. The predicted molar refractivity (Wildman–Crippen MR) is 48.9 cm³/mol. The molecule has 15 heavy (non-hydrogen) atoms. The summed E-state index contributed by atoms with van der Waals surface area (Å²) in [7, 11) is 1.34. The number of carbonyl (C=O) groups is 1. The highest BCUT2D eigenvalue weighted by molar-refractivity contribution is 5.96. The molecule has 84 valence electrons. The van der Waals surface area contributed by atoms with Gasteiger partial charge in [-0.25, -0.2) is 0 Å². The zero-order chi connectivity index (χ0) is 11.7. The third-order valence-corrected chi connectivity index (χ3v) is 2.18. The minimum Gasteiger partial charge on any atom is -0.355 e. The van der Waals surface area contributed by atoms with Crippen molar-refractivity contribution < 1.29 is 18.0 Å². The van der Waals surface area contributed by atoms with Crippen molar-refractivity contribution in [2.75, 3.05) is 7.05 Å². The normalized spacial score (nSPS) is 26.1. The van der Waals surface area contributed by atoms with Crippen molar-refractivity contribution in [2.24, 2.45) is 5.73 Å². The van der Waals surface area contributed by atoms with Crippen LogP contribution in [-0.2, 0) is 4.79 Å². The highest BCUT2D eigenvalue weighted by Gasteiger charge is 2.50. The van der Waals surface area contributed by atoms with Gasteiger partial charge in [-0.2, -0.15) is 13.2 Å². The van der Waals surface area contributed by atoms with Crippen molar-refractivity contribution in [1.82, 2.24) is 5.32 Å². The van der Waals surface area contributed by atoms with E-state index in [0.29, 0.717) is 0 Å². The van der Waals surface area contributed by atoms with Crippen LogP contribution in [0.5, 0.6) is 0 Å². The lowest BCUT2D eigenvalue weighted by atomic mass is 9.88. The molecule has 6 heteroatoms. The van der Waals surface area contributed by atoms with Gasteiger partial charge in [0.25, 0.3) is 5.91 Å². The molecular weight excluding hydrogens is 209 g/mol. The Morgan fingerprint density at radius 1 is 1.60 bits per heavy atom. The molecule has 0 aromatic heterocycles. The molecule has 1 rings (SSSR count). The number of rotatable bonds is 1. The molecule has 3 N–H and O–H groups in total. The molecule has 0 saturated carbocycles. The van der Waals surface area contributed by atoms with E-state index in [-0.39, 0.29) is 12.0 Å². The molecule has 0 heterocycles. The Bertz CT molecular complexity index is 333. The van der Waals surface area contributed by atoms with Gasteiger partial charge >= 0.3 is 6.18 Å². The molecule has 0 aromatic carbocycles. The molecule has 0 saturated heterocycles. The lowest BCUT2D eigenvalue weighted by Gasteiger charge is -2.30. The van der Waals surface area contributed by atoms with Crippen LogP contribution in [0.2, 0.25) is 0 Å². The average Bonchev–Trinajstić information content (AvgIpc) is 2.15. The summed E-state index contributed by atoms with van der Waals surface area (Å²) in [4.78, 5) is 11.1. The number of halogens is 3. The third kappa shape index (κ3) is 2.20. The Labute approximate surface area is 84.8 Å². The minimum absolute atomic E-state index is 0.0661. The van der Waals surface area contributed by atoms with Crippen molar-refractivity contribution in [3.05, 3.63) is 23.8 Å². The fourth-order valence-electron chi connectivity index (χ4n) is 1.25. The Kier molecular flexibility index (Phi) is 2.90. The SMILES string of the molecule is CNC(=O)C1=CC(N)(C(F)(F)F)CC=C1. The Balaban J connectivity index is 3.03. The molecule has 1 aliphatic carbocycles. The molecule has 0 aromatic rings. The van der Waals surface area contributed by atoms with Crippen molar-refractivity contribution in [3.63, 3.8) is 0 Å². The van der Waals surface area contributed by atoms with E-state index >= 15 is 0 Å². The molecule has 1 unspecified atom stereocenters. The van der Waals surface area contributed by atoms with Crippen LogP contribution in [0.15, 0.2) is 23.8 Å². The first-order valence-electron chi connectivity index (χ1n) is 4.27. The van der Waals surface area contributed by atoms with E-state index in [1.165, 1.54) is 19.2 Å². The Morgan fingerprint density at radius 2 is 2.20 bits per heavy atom. The quantitative estimate of drug-likeness (QED) is 0.689. The zero-order valence-corrected chi connectivity index (χ0v) is 8.06. The third-order valence-electron chi connectivity index (χ3n) is 2.18. The van der Waals surface area contributed by atoms with E-state index in [0.717, 1.165) is 6.08 Å². The molecule has 0 fully saturated rings. The second-order valence-corrected chi connectivity index (χ2v) is 3.32. The monoisotopic (exact) mass is 220 g/mol. The number of amides is 1. The first-order valence-corrected chi connectivity index (χ1v) is 4.27. The van der Waals surface area contributed by atoms with Crippen LogP contribution in [0.25, 0.3) is 0 Å². The summed E-state index contributed by atoms with van der Waals surface area (Å²) in [5.41, 5.74) is 2.68. The first-order chi connectivity index (χ1) is 6.80. The van der Waals surface area contributed by atoms with E-state index in [1.807, 2.05) is 0 Å². The Hall–Kier alpha value is -1.30. The van der Waals surface area contributed by atoms with Crippen LogP contribution in [0.3, 0.4) is 0 Å². The van der Waals surface area contributed by atoms with E-state index < -0.39 is 17.6 Å². The van der Waals surface area contributed by atoms with Gasteiger partial charge in [-0.1, -0.05) is 12.2 Å². The predicted octanol–water partition coefficient (Wildman–Crippen LogP) is 0.878. The summed E-state index contributed by atoms with van der Waals surface area (Å²) in [6, 6.07) is 0. The van der Waals surface area contributed by atoms with Crippen LogP contribution in [0.1, 0.15) is 6.42 Å². The topological polar surface area (TPSA) is 55.1 Å². The highest BCUT2D eigenvalue weighted by Crippen LogP contribution is 2.35. The second-order valence-electron chi connectivity index (χ2n) is 3.32. The molecule has 0 bridgehead atoms. The van der Waals surface area contributed by atoms with Gasteiger partial charge in [0.2, 0.25) is 0 Å². The van der Waals surface area contributed by atoms with Gasteiger partial charge in [-0.3, -0.25) is 4.79 Å². The molecule has 0 aliphatic heterocycles.